The van der Waals surface area contributed by atoms with E-state index in [9.17, 15) is 4.79 Å². The first-order chi connectivity index (χ1) is 8.08. The highest BCUT2D eigenvalue weighted by atomic mass is 16.4. The van der Waals surface area contributed by atoms with Gasteiger partial charge in [-0.2, -0.15) is 0 Å². The first-order valence-corrected chi connectivity index (χ1v) is 4.96. The number of carboxylic acid groups (broad SMARTS) is 1. The topological polar surface area (TPSA) is 107 Å². The van der Waals surface area contributed by atoms with E-state index < -0.39 is 12.0 Å². The summed E-state index contributed by atoms with van der Waals surface area (Å²) in [5.74, 6) is -0.660. The lowest BCUT2D eigenvalue weighted by atomic mass is 10.2. The van der Waals surface area contributed by atoms with Crippen molar-refractivity contribution in [3.05, 3.63) is 24.3 Å². The number of benzene rings is 1. The fraction of sp³-hybridized carbons (Fsp3) is 0.200. The fourth-order valence-electron chi connectivity index (χ4n) is 1.28. The lowest BCUT2D eigenvalue weighted by Crippen LogP contribution is -2.18. The van der Waals surface area contributed by atoms with Crippen LogP contribution in [0.2, 0.25) is 0 Å². The molecule has 0 bridgehead atoms. The Bertz CT molecular complexity index is 551. The quantitative estimate of drug-likeness (QED) is 0.750. The summed E-state index contributed by atoms with van der Waals surface area (Å²) in [7, 11) is 0. The molecule has 0 fully saturated rings. The van der Waals surface area contributed by atoms with Crippen molar-refractivity contribution in [3.8, 4) is 11.4 Å². The number of aromatic nitrogens is 4. The zero-order valence-corrected chi connectivity index (χ0v) is 9.11. The third kappa shape index (κ3) is 2.22. The number of nitrogen functional groups attached to an aromatic ring is 1. The lowest BCUT2D eigenvalue weighted by Gasteiger charge is -2.01. The minimum Gasteiger partial charge on any atom is -0.480 e. The molecule has 7 heteroatoms. The van der Waals surface area contributed by atoms with Gasteiger partial charge in [-0.05, 0) is 24.3 Å². The van der Waals surface area contributed by atoms with Crippen molar-refractivity contribution in [1.82, 2.24) is 20.2 Å². The molecular formula is C10H11N5O2. The van der Waals surface area contributed by atoms with Crippen molar-refractivity contribution < 1.29 is 9.90 Å². The van der Waals surface area contributed by atoms with Crippen LogP contribution >= 0.6 is 0 Å². The van der Waals surface area contributed by atoms with Gasteiger partial charge < -0.3 is 10.8 Å². The van der Waals surface area contributed by atoms with Crippen molar-refractivity contribution in [2.75, 3.05) is 5.73 Å². The number of tetrazole rings is 1. The van der Waals surface area contributed by atoms with Gasteiger partial charge in [-0.3, -0.25) is 0 Å². The van der Waals surface area contributed by atoms with Gasteiger partial charge in [0, 0.05) is 11.3 Å². The average Bonchev–Trinajstić information content (AvgIpc) is 2.77. The maximum atomic E-state index is 10.8. The summed E-state index contributed by atoms with van der Waals surface area (Å²) in [4.78, 5) is 11.8. The Balaban J connectivity index is 2.33. The molecule has 0 aliphatic carbocycles. The monoisotopic (exact) mass is 233 g/mol. The summed E-state index contributed by atoms with van der Waals surface area (Å²) in [6.07, 6.45) is 0. The summed E-state index contributed by atoms with van der Waals surface area (Å²) in [6, 6.07) is 6.15. The molecule has 3 N–H and O–H groups in total. The highest BCUT2D eigenvalue weighted by molar-refractivity contribution is 5.71. The molecule has 0 saturated carbocycles. The third-order valence-corrected chi connectivity index (χ3v) is 2.28. The number of aliphatic carboxylic acids is 1. The van der Waals surface area contributed by atoms with Crippen LogP contribution in [0.4, 0.5) is 5.69 Å². The number of nitrogens with two attached hydrogens (primary N) is 1. The van der Waals surface area contributed by atoms with E-state index in [0.717, 1.165) is 4.80 Å². The number of anilines is 1. The Morgan fingerprint density at radius 2 is 2.29 bits per heavy atom. The van der Waals surface area contributed by atoms with Crippen molar-refractivity contribution in [3.63, 3.8) is 0 Å². The molecule has 17 heavy (non-hydrogen) atoms. The van der Waals surface area contributed by atoms with Crippen LogP contribution in [0.5, 0.6) is 0 Å². The molecule has 1 aromatic heterocycles. The van der Waals surface area contributed by atoms with Crippen molar-refractivity contribution in [2.45, 2.75) is 13.0 Å². The van der Waals surface area contributed by atoms with E-state index in [0.29, 0.717) is 17.1 Å². The molecule has 0 radical (unpaired) electrons. The standard InChI is InChI=1S/C10H11N5O2/c1-6(10(16)17)15-13-9(12-14-15)7-3-2-4-8(11)5-7/h2-6H,11H2,1H3,(H,16,17)/t6-/m0/s1. The van der Waals surface area contributed by atoms with Crippen LogP contribution < -0.4 is 5.73 Å². The molecule has 0 aliphatic heterocycles. The van der Waals surface area contributed by atoms with Crippen LogP contribution in [0, 0.1) is 0 Å². The second kappa shape index (κ2) is 4.20. The SMILES string of the molecule is C[C@@H](C(=O)O)n1nnc(-c2cccc(N)c2)n1. The maximum Gasteiger partial charge on any atom is 0.330 e. The minimum absolute atomic E-state index is 0.352. The lowest BCUT2D eigenvalue weighted by molar-refractivity contribution is -0.141. The van der Waals surface area contributed by atoms with Gasteiger partial charge in [-0.25, -0.2) is 4.79 Å². The molecular weight excluding hydrogens is 222 g/mol. The molecule has 7 nitrogen and oxygen atoms in total. The minimum atomic E-state index is -1.01. The Kier molecular flexibility index (Phi) is 2.73. The van der Waals surface area contributed by atoms with Crippen molar-refractivity contribution >= 4 is 11.7 Å². The largest absolute Gasteiger partial charge is 0.480 e. The van der Waals surface area contributed by atoms with Crippen LogP contribution in [0.1, 0.15) is 13.0 Å². The molecule has 0 aliphatic rings. The smallest absolute Gasteiger partial charge is 0.330 e. The number of carboxylic acids is 1. The molecule has 0 spiro atoms. The van der Waals surface area contributed by atoms with Gasteiger partial charge in [0.1, 0.15) is 0 Å². The van der Waals surface area contributed by atoms with E-state index in [1.165, 1.54) is 6.92 Å². The van der Waals surface area contributed by atoms with Crippen LogP contribution in [-0.2, 0) is 4.79 Å². The zero-order valence-electron chi connectivity index (χ0n) is 9.11. The molecule has 0 saturated heterocycles. The first-order valence-electron chi connectivity index (χ1n) is 4.96. The van der Waals surface area contributed by atoms with Crippen LogP contribution in [-0.4, -0.2) is 31.3 Å². The average molecular weight is 233 g/mol. The molecule has 1 heterocycles. The van der Waals surface area contributed by atoms with E-state index in [4.69, 9.17) is 10.8 Å². The summed E-state index contributed by atoms with van der Waals surface area (Å²) >= 11 is 0. The van der Waals surface area contributed by atoms with Gasteiger partial charge in [-0.1, -0.05) is 12.1 Å². The van der Waals surface area contributed by atoms with Gasteiger partial charge in [-0.15, -0.1) is 15.0 Å². The highest BCUT2D eigenvalue weighted by Gasteiger charge is 2.17. The summed E-state index contributed by atoms with van der Waals surface area (Å²) in [5, 5.41) is 20.3. The van der Waals surface area contributed by atoms with Gasteiger partial charge in [0.2, 0.25) is 5.82 Å². The second-order valence-electron chi connectivity index (χ2n) is 3.57. The molecule has 88 valence electrons. The number of carbonyl (C=O) groups is 1. The maximum absolute atomic E-state index is 10.8. The van der Waals surface area contributed by atoms with Crippen LogP contribution in [0.15, 0.2) is 24.3 Å². The van der Waals surface area contributed by atoms with Crippen LogP contribution in [0.3, 0.4) is 0 Å². The number of nitrogens with zero attached hydrogens (tertiary/aromatic N) is 4. The Labute approximate surface area is 96.9 Å². The second-order valence-corrected chi connectivity index (χ2v) is 3.57. The molecule has 0 amide bonds. The highest BCUT2D eigenvalue weighted by Crippen LogP contribution is 2.17. The van der Waals surface area contributed by atoms with E-state index in [1.807, 2.05) is 0 Å². The predicted octanol–water partition coefficient (Wildman–Crippen LogP) is 0.568. The Hall–Kier alpha value is -2.44. The Morgan fingerprint density at radius 3 is 2.94 bits per heavy atom. The number of hydrogen-bond acceptors (Lipinski definition) is 5. The Morgan fingerprint density at radius 1 is 1.53 bits per heavy atom. The fourth-order valence-corrected chi connectivity index (χ4v) is 1.28. The van der Waals surface area contributed by atoms with E-state index in [-0.39, 0.29) is 0 Å². The normalized spacial score (nSPS) is 12.3. The molecule has 2 rings (SSSR count). The summed E-state index contributed by atoms with van der Waals surface area (Å²) < 4.78 is 0. The molecule has 0 unspecified atom stereocenters. The zero-order chi connectivity index (χ0) is 12.4. The van der Waals surface area contributed by atoms with Crippen molar-refractivity contribution in [2.24, 2.45) is 0 Å². The van der Waals surface area contributed by atoms with Gasteiger partial charge in [0.15, 0.2) is 6.04 Å². The summed E-state index contributed by atoms with van der Waals surface area (Å²) in [5.41, 5.74) is 6.92. The van der Waals surface area contributed by atoms with Gasteiger partial charge in [0.05, 0.1) is 0 Å². The van der Waals surface area contributed by atoms with E-state index >= 15 is 0 Å². The van der Waals surface area contributed by atoms with Crippen molar-refractivity contribution in [1.29, 1.82) is 0 Å². The predicted molar refractivity (Wildman–Crippen MR) is 60.0 cm³/mol. The van der Waals surface area contributed by atoms with Gasteiger partial charge in [0.25, 0.3) is 0 Å². The molecule has 2 aromatic rings. The van der Waals surface area contributed by atoms with Gasteiger partial charge >= 0.3 is 5.97 Å². The van der Waals surface area contributed by atoms with E-state index in [2.05, 4.69) is 15.4 Å². The molecule has 1 atom stereocenters. The number of hydrogen-bond donors (Lipinski definition) is 2. The summed E-state index contributed by atoms with van der Waals surface area (Å²) in [6.45, 7) is 1.48. The van der Waals surface area contributed by atoms with E-state index in [1.54, 1.807) is 24.3 Å². The molecule has 1 aromatic carbocycles. The van der Waals surface area contributed by atoms with Crippen LogP contribution in [0.25, 0.3) is 11.4 Å². The third-order valence-electron chi connectivity index (χ3n) is 2.28. The number of rotatable bonds is 3. The first kappa shape index (κ1) is 11.1.